The van der Waals surface area contributed by atoms with Crippen molar-refractivity contribution < 1.29 is 9.59 Å². The zero-order valence-corrected chi connectivity index (χ0v) is 13.8. The van der Waals surface area contributed by atoms with Gasteiger partial charge in [0.05, 0.1) is 0 Å². The van der Waals surface area contributed by atoms with Crippen LogP contribution in [0.1, 0.15) is 18.4 Å². The lowest BCUT2D eigenvalue weighted by molar-refractivity contribution is -0.139. The van der Waals surface area contributed by atoms with Crippen LogP contribution in [0.5, 0.6) is 0 Å². The minimum atomic E-state index is -0.194. The number of carbonyl (C=O) groups excluding carboxylic acids is 2. The van der Waals surface area contributed by atoms with Gasteiger partial charge in [-0.15, -0.1) is 0 Å². The second kappa shape index (κ2) is 6.62. The Balaban J connectivity index is 1.54. The third-order valence-electron chi connectivity index (χ3n) is 4.45. The highest BCUT2D eigenvalue weighted by Gasteiger charge is 2.28. The maximum atomic E-state index is 12.2. The number of nitrogens with one attached hydrogen (secondary N) is 2. The molecule has 1 saturated heterocycles. The van der Waals surface area contributed by atoms with Crippen molar-refractivity contribution in [3.63, 3.8) is 0 Å². The molecule has 1 aromatic heterocycles. The fraction of sp³-hybridized carbons (Fsp3) is 0.412. The number of amides is 2. The Morgan fingerprint density at radius 1 is 1.48 bits per heavy atom. The molecule has 2 aromatic rings. The number of aromatic amines is 1. The van der Waals surface area contributed by atoms with Crippen molar-refractivity contribution in [2.75, 3.05) is 20.1 Å². The average molecular weight is 334 g/mol. The first kappa shape index (κ1) is 15.9. The molecule has 6 heteroatoms. The lowest BCUT2D eigenvalue weighted by Gasteiger charge is -2.27. The van der Waals surface area contributed by atoms with E-state index in [-0.39, 0.29) is 17.7 Å². The van der Waals surface area contributed by atoms with Gasteiger partial charge in [-0.3, -0.25) is 9.59 Å². The first-order valence-electron chi connectivity index (χ1n) is 7.82. The number of rotatable bonds is 4. The predicted octanol–water partition coefficient (Wildman–Crippen LogP) is 2.35. The van der Waals surface area contributed by atoms with Crippen LogP contribution >= 0.6 is 11.6 Å². The molecule has 1 aliphatic rings. The van der Waals surface area contributed by atoms with Crippen LogP contribution in [0.25, 0.3) is 10.9 Å². The number of hydrogen-bond donors (Lipinski definition) is 2. The van der Waals surface area contributed by atoms with E-state index in [0.29, 0.717) is 24.5 Å². The van der Waals surface area contributed by atoms with Crippen molar-refractivity contribution in [2.45, 2.75) is 19.3 Å². The topological polar surface area (TPSA) is 65.2 Å². The van der Waals surface area contributed by atoms with Crippen LogP contribution in [-0.4, -0.2) is 41.8 Å². The van der Waals surface area contributed by atoms with Crippen LogP contribution in [-0.2, 0) is 16.0 Å². The summed E-state index contributed by atoms with van der Waals surface area (Å²) in [5.74, 6) is -0.167. The number of fused-ring (bicyclic) bond motifs is 1. The van der Waals surface area contributed by atoms with E-state index in [4.69, 9.17) is 11.6 Å². The normalized spacial score (nSPS) is 18.4. The SMILES string of the molecule is CN1CCC(C(=O)NCCc2c[nH]c3cc(Cl)ccc23)CC1=O. The third kappa shape index (κ3) is 3.50. The van der Waals surface area contributed by atoms with Crippen LogP contribution < -0.4 is 5.32 Å². The Morgan fingerprint density at radius 2 is 2.30 bits per heavy atom. The van der Waals surface area contributed by atoms with E-state index in [2.05, 4.69) is 10.3 Å². The molecule has 0 saturated carbocycles. The summed E-state index contributed by atoms with van der Waals surface area (Å²) in [6, 6.07) is 5.74. The third-order valence-corrected chi connectivity index (χ3v) is 4.69. The van der Waals surface area contributed by atoms with Crippen molar-refractivity contribution in [3.8, 4) is 0 Å². The lowest BCUT2D eigenvalue weighted by Crippen LogP contribution is -2.42. The average Bonchev–Trinajstić information content (AvgIpc) is 2.92. The Labute approximate surface area is 140 Å². The van der Waals surface area contributed by atoms with Gasteiger partial charge in [0.2, 0.25) is 11.8 Å². The van der Waals surface area contributed by atoms with E-state index in [0.717, 1.165) is 29.3 Å². The molecule has 1 fully saturated rings. The summed E-state index contributed by atoms with van der Waals surface area (Å²) in [6.07, 6.45) is 3.74. The van der Waals surface area contributed by atoms with Gasteiger partial charge in [0.25, 0.3) is 0 Å². The monoisotopic (exact) mass is 333 g/mol. The molecule has 2 heterocycles. The summed E-state index contributed by atoms with van der Waals surface area (Å²) < 4.78 is 0. The number of aromatic nitrogens is 1. The molecular weight excluding hydrogens is 314 g/mol. The zero-order chi connectivity index (χ0) is 16.4. The van der Waals surface area contributed by atoms with E-state index in [9.17, 15) is 9.59 Å². The maximum Gasteiger partial charge on any atom is 0.223 e. The summed E-state index contributed by atoms with van der Waals surface area (Å²) in [6.45, 7) is 1.22. The van der Waals surface area contributed by atoms with Gasteiger partial charge in [0.15, 0.2) is 0 Å². The number of hydrogen-bond acceptors (Lipinski definition) is 2. The first-order chi connectivity index (χ1) is 11.0. The van der Waals surface area contributed by atoms with Crippen LogP contribution in [0.3, 0.4) is 0 Å². The predicted molar refractivity (Wildman–Crippen MR) is 90.4 cm³/mol. The van der Waals surface area contributed by atoms with Gasteiger partial charge in [-0.2, -0.15) is 0 Å². The van der Waals surface area contributed by atoms with Gasteiger partial charge in [-0.05, 0) is 30.5 Å². The second-order valence-corrected chi connectivity index (χ2v) is 6.49. The van der Waals surface area contributed by atoms with Crippen LogP contribution in [0.15, 0.2) is 24.4 Å². The summed E-state index contributed by atoms with van der Waals surface area (Å²) >= 11 is 5.97. The number of nitrogens with zero attached hydrogens (tertiary/aromatic N) is 1. The van der Waals surface area contributed by atoms with Gasteiger partial charge in [-0.1, -0.05) is 17.7 Å². The van der Waals surface area contributed by atoms with Gasteiger partial charge in [0.1, 0.15) is 0 Å². The highest BCUT2D eigenvalue weighted by molar-refractivity contribution is 6.31. The van der Waals surface area contributed by atoms with Gasteiger partial charge >= 0.3 is 0 Å². The van der Waals surface area contributed by atoms with Crippen molar-refractivity contribution in [1.82, 2.24) is 15.2 Å². The fourth-order valence-corrected chi connectivity index (χ4v) is 3.17. The fourth-order valence-electron chi connectivity index (χ4n) is 3.00. The first-order valence-corrected chi connectivity index (χ1v) is 8.19. The van der Waals surface area contributed by atoms with Crippen molar-refractivity contribution >= 4 is 34.3 Å². The number of piperidine rings is 1. The summed E-state index contributed by atoms with van der Waals surface area (Å²) in [7, 11) is 1.78. The molecule has 3 rings (SSSR count). The summed E-state index contributed by atoms with van der Waals surface area (Å²) in [4.78, 5) is 28.7. The molecule has 1 aromatic carbocycles. The minimum absolute atomic E-state index is 0.0191. The van der Waals surface area contributed by atoms with Crippen LogP contribution in [0, 0.1) is 5.92 Å². The minimum Gasteiger partial charge on any atom is -0.361 e. The quantitative estimate of drug-likeness (QED) is 0.902. The largest absolute Gasteiger partial charge is 0.361 e. The lowest BCUT2D eigenvalue weighted by atomic mass is 9.95. The Bertz CT molecular complexity index is 741. The summed E-state index contributed by atoms with van der Waals surface area (Å²) in [5, 5.41) is 4.78. The van der Waals surface area contributed by atoms with Crippen molar-refractivity contribution in [3.05, 3.63) is 35.0 Å². The summed E-state index contributed by atoms with van der Waals surface area (Å²) in [5.41, 5.74) is 2.15. The van der Waals surface area contributed by atoms with E-state index in [1.165, 1.54) is 0 Å². The van der Waals surface area contributed by atoms with Gasteiger partial charge in [0, 0.05) is 54.6 Å². The number of likely N-dealkylation sites (tertiary alicyclic amines) is 1. The number of carbonyl (C=O) groups is 2. The molecular formula is C17H20ClN3O2. The maximum absolute atomic E-state index is 12.2. The number of halogens is 1. The smallest absolute Gasteiger partial charge is 0.223 e. The van der Waals surface area contributed by atoms with E-state index < -0.39 is 0 Å². The molecule has 2 amide bonds. The molecule has 5 nitrogen and oxygen atoms in total. The molecule has 1 aliphatic heterocycles. The molecule has 2 N–H and O–H groups in total. The highest BCUT2D eigenvalue weighted by atomic mass is 35.5. The van der Waals surface area contributed by atoms with E-state index >= 15 is 0 Å². The molecule has 1 atom stereocenters. The Hall–Kier alpha value is -2.01. The van der Waals surface area contributed by atoms with E-state index in [1.807, 2.05) is 24.4 Å². The zero-order valence-electron chi connectivity index (χ0n) is 13.1. The molecule has 0 aliphatic carbocycles. The van der Waals surface area contributed by atoms with Gasteiger partial charge in [-0.25, -0.2) is 0 Å². The molecule has 0 spiro atoms. The molecule has 122 valence electrons. The second-order valence-electron chi connectivity index (χ2n) is 6.05. The molecule has 23 heavy (non-hydrogen) atoms. The van der Waals surface area contributed by atoms with Crippen molar-refractivity contribution in [1.29, 1.82) is 0 Å². The number of H-pyrrole nitrogens is 1. The highest BCUT2D eigenvalue weighted by Crippen LogP contribution is 2.22. The molecule has 0 radical (unpaired) electrons. The van der Waals surface area contributed by atoms with E-state index in [1.54, 1.807) is 11.9 Å². The Morgan fingerprint density at radius 3 is 3.09 bits per heavy atom. The van der Waals surface area contributed by atoms with Crippen molar-refractivity contribution in [2.24, 2.45) is 5.92 Å². The molecule has 0 bridgehead atoms. The number of benzene rings is 1. The standard InChI is InChI=1S/C17H20ClN3O2/c1-21-7-5-11(8-16(21)22)17(23)19-6-4-12-10-20-15-9-13(18)2-3-14(12)15/h2-3,9-11,20H,4-8H2,1H3,(H,19,23). The Kier molecular flexibility index (Phi) is 4.57. The van der Waals surface area contributed by atoms with Crippen LogP contribution in [0.2, 0.25) is 5.02 Å². The van der Waals surface area contributed by atoms with Gasteiger partial charge < -0.3 is 15.2 Å². The van der Waals surface area contributed by atoms with Crippen LogP contribution in [0.4, 0.5) is 0 Å². The molecule has 1 unspecified atom stereocenters.